The Balaban J connectivity index is 1.95. The van der Waals surface area contributed by atoms with Crippen molar-refractivity contribution in [3.8, 4) is 0 Å². The van der Waals surface area contributed by atoms with E-state index in [1.54, 1.807) is 5.56 Å². The van der Waals surface area contributed by atoms with Gasteiger partial charge in [0.25, 0.3) is 0 Å². The predicted octanol–water partition coefficient (Wildman–Crippen LogP) is 5.62. The van der Waals surface area contributed by atoms with Crippen LogP contribution in [-0.4, -0.2) is 0 Å². The van der Waals surface area contributed by atoms with Gasteiger partial charge in [-0.2, -0.15) is 0 Å². The first-order valence-corrected chi connectivity index (χ1v) is 7.94. The number of unbranched alkanes of at least 4 members (excludes halogenated alkanes) is 1. The van der Waals surface area contributed by atoms with E-state index in [0.29, 0.717) is 0 Å². The van der Waals surface area contributed by atoms with Crippen LogP contribution in [-0.2, 0) is 6.42 Å². The standard InChI is InChI=1S/C18H28/c1-2-3-12-18(17-13-8-5-9-14-17)15-16-10-6-4-7-11-16/h4,6-7,10-11,17-18H,2-3,5,8-9,12-15H2,1H3. The van der Waals surface area contributed by atoms with E-state index >= 15 is 0 Å². The molecule has 0 aromatic heterocycles. The molecular weight excluding hydrogens is 216 g/mol. The Labute approximate surface area is 113 Å². The van der Waals surface area contributed by atoms with Crippen molar-refractivity contribution in [2.75, 3.05) is 0 Å². The molecule has 1 aliphatic rings. The monoisotopic (exact) mass is 244 g/mol. The van der Waals surface area contributed by atoms with Gasteiger partial charge in [0.15, 0.2) is 0 Å². The second kappa shape index (κ2) is 7.61. The van der Waals surface area contributed by atoms with Crippen LogP contribution in [0.5, 0.6) is 0 Å². The molecule has 18 heavy (non-hydrogen) atoms. The minimum atomic E-state index is 0.938. The van der Waals surface area contributed by atoms with E-state index in [9.17, 15) is 0 Å². The fourth-order valence-electron chi connectivity index (χ4n) is 3.49. The first-order valence-electron chi connectivity index (χ1n) is 7.94. The van der Waals surface area contributed by atoms with Crippen LogP contribution in [0.4, 0.5) is 0 Å². The third-order valence-corrected chi connectivity index (χ3v) is 4.59. The van der Waals surface area contributed by atoms with Crippen LogP contribution in [0.3, 0.4) is 0 Å². The molecule has 0 bridgehead atoms. The summed E-state index contributed by atoms with van der Waals surface area (Å²) in [6, 6.07) is 11.1. The Bertz CT molecular complexity index is 308. The normalized spacial score (nSPS) is 18.7. The average Bonchev–Trinajstić information content (AvgIpc) is 2.45. The lowest BCUT2D eigenvalue weighted by molar-refractivity contribution is 0.231. The Morgan fingerprint density at radius 2 is 1.78 bits per heavy atom. The highest BCUT2D eigenvalue weighted by Crippen LogP contribution is 2.34. The summed E-state index contributed by atoms with van der Waals surface area (Å²) in [6.07, 6.45) is 12.9. The molecule has 2 rings (SSSR count). The van der Waals surface area contributed by atoms with Gasteiger partial charge in [-0.15, -0.1) is 0 Å². The third kappa shape index (κ3) is 4.15. The van der Waals surface area contributed by atoms with E-state index in [-0.39, 0.29) is 0 Å². The maximum absolute atomic E-state index is 2.32. The van der Waals surface area contributed by atoms with Crippen molar-refractivity contribution in [3.05, 3.63) is 35.9 Å². The van der Waals surface area contributed by atoms with E-state index in [1.807, 2.05) is 0 Å². The highest BCUT2D eigenvalue weighted by atomic mass is 14.3. The topological polar surface area (TPSA) is 0 Å². The largest absolute Gasteiger partial charge is 0.0654 e. The van der Waals surface area contributed by atoms with Gasteiger partial charge in [-0.3, -0.25) is 0 Å². The van der Waals surface area contributed by atoms with Crippen LogP contribution in [0, 0.1) is 11.8 Å². The van der Waals surface area contributed by atoms with Crippen LogP contribution >= 0.6 is 0 Å². The molecule has 1 fully saturated rings. The van der Waals surface area contributed by atoms with E-state index in [4.69, 9.17) is 0 Å². The van der Waals surface area contributed by atoms with E-state index in [1.165, 1.54) is 57.8 Å². The molecular formula is C18H28. The Morgan fingerprint density at radius 3 is 2.44 bits per heavy atom. The molecule has 0 aliphatic heterocycles. The van der Waals surface area contributed by atoms with Crippen molar-refractivity contribution in [3.63, 3.8) is 0 Å². The van der Waals surface area contributed by atoms with E-state index < -0.39 is 0 Å². The maximum atomic E-state index is 2.32. The molecule has 0 saturated heterocycles. The van der Waals surface area contributed by atoms with Crippen LogP contribution in [0.1, 0.15) is 63.9 Å². The zero-order valence-corrected chi connectivity index (χ0v) is 11.9. The smallest absolute Gasteiger partial charge is 0.0248 e. The second-order valence-electron chi connectivity index (χ2n) is 5.99. The molecule has 0 spiro atoms. The van der Waals surface area contributed by atoms with Gasteiger partial charge < -0.3 is 0 Å². The summed E-state index contributed by atoms with van der Waals surface area (Å²) in [5.74, 6) is 1.94. The van der Waals surface area contributed by atoms with Crippen molar-refractivity contribution in [1.29, 1.82) is 0 Å². The van der Waals surface area contributed by atoms with Crippen molar-refractivity contribution < 1.29 is 0 Å². The van der Waals surface area contributed by atoms with Crippen LogP contribution in [0.25, 0.3) is 0 Å². The molecule has 1 aromatic rings. The number of hydrogen-bond donors (Lipinski definition) is 0. The molecule has 100 valence electrons. The summed E-state index contributed by atoms with van der Waals surface area (Å²) in [7, 11) is 0. The predicted molar refractivity (Wildman–Crippen MR) is 79.7 cm³/mol. The number of benzene rings is 1. The molecule has 0 heteroatoms. The molecule has 0 N–H and O–H groups in total. The van der Waals surface area contributed by atoms with Crippen molar-refractivity contribution in [2.45, 2.75) is 64.7 Å². The summed E-state index contributed by atoms with van der Waals surface area (Å²) in [5, 5.41) is 0. The molecule has 0 amide bonds. The Morgan fingerprint density at radius 1 is 1.06 bits per heavy atom. The molecule has 0 nitrogen and oxygen atoms in total. The van der Waals surface area contributed by atoms with Crippen molar-refractivity contribution >= 4 is 0 Å². The lowest BCUT2D eigenvalue weighted by Gasteiger charge is -2.30. The lowest BCUT2D eigenvalue weighted by atomic mass is 9.75. The van der Waals surface area contributed by atoms with Gasteiger partial charge in [0.1, 0.15) is 0 Å². The lowest BCUT2D eigenvalue weighted by Crippen LogP contribution is -2.20. The van der Waals surface area contributed by atoms with Gasteiger partial charge in [0, 0.05) is 0 Å². The van der Waals surface area contributed by atoms with Gasteiger partial charge in [-0.25, -0.2) is 0 Å². The van der Waals surface area contributed by atoms with E-state index in [0.717, 1.165) is 11.8 Å². The number of hydrogen-bond acceptors (Lipinski definition) is 0. The van der Waals surface area contributed by atoms with Gasteiger partial charge >= 0.3 is 0 Å². The molecule has 1 unspecified atom stereocenters. The SMILES string of the molecule is CCCCC(Cc1ccccc1)C1CCCCC1. The van der Waals surface area contributed by atoms with E-state index in [2.05, 4.69) is 37.3 Å². The summed E-state index contributed by atoms with van der Waals surface area (Å²) in [6.45, 7) is 2.32. The zero-order chi connectivity index (χ0) is 12.6. The molecule has 1 aliphatic carbocycles. The molecule has 0 radical (unpaired) electrons. The fourth-order valence-corrected chi connectivity index (χ4v) is 3.49. The minimum Gasteiger partial charge on any atom is -0.0654 e. The third-order valence-electron chi connectivity index (χ3n) is 4.59. The minimum absolute atomic E-state index is 0.938. The van der Waals surface area contributed by atoms with Gasteiger partial charge in [0.05, 0.1) is 0 Å². The van der Waals surface area contributed by atoms with Gasteiger partial charge in [0.2, 0.25) is 0 Å². The highest BCUT2D eigenvalue weighted by molar-refractivity contribution is 5.15. The molecule has 1 aromatic carbocycles. The van der Waals surface area contributed by atoms with Crippen molar-refractivity contribution in [1.82, 2.24) is 0 Å². The summed E-state index contributed by atoms with van der Waals surface area (Å²) in [5.41, 5.74) is 1.55. The van der Waals surface area contributed by atoms with Crippen LogP contribution in [0.15, 0.2) is 30.3 Å². The Kier molecular flexibility index (Phi) is 5.77. The average molecular weight is 244 g/mol. The fraction of sp³-hybridized carbons (Fsp3) is 0.667. The summed E-state index contributed by atoms with van der Waals surface area (Å²) in [4.78, 5) is 0. The van der Waals surface area contributed by atoms with Crippen LogP contribution < -0.4 is 0 Å². The van der Waals surface area contributed by atoms with Crippen molar-refractivity contribution in [2.24, 2.45) is 11.8 Å². The van der Waals surface area contributed by atoms with Gasteiger partial charge in [-0.05, 0) is 30.2 Å². The molecule has 1 atom stereocenters. The second-order valence-corrected chi connectivity index (χ2v) is 5.99. The first-order chi connectivity index (χ1) is 8.90. The quantitative estimate of drug-likeness (QED) is 0.609. The Hall–Kier alpha value is -0.780. The number of rotatable bonds is 6. The summed E-state index contributed by atoms with van der Waals surface area (Å²) >= 11 is 0. The highest BCUT2D eigenvalue weighted by Gasteiger charge is 2.23. The molecule has 1 saturated carbocycles. The van der Waals surface area contributed by atoms with Gasteiger partial charge in [-0.1, -0.05) is 82.2 Å². The maximum Gasteiger partial charge on any atom is -0.0248 e. The summed E-state index contributed by atoms with van der Waals surface area (Å²) < 4.78 is 0. The first kappa shape index (κ1) is 13.6. The zero-order valence-electron chi connectivity index (χ0n) is 11.9. The molecule has 0 heterocycles. The van der Waals surface area contributed by atoms with Crippen LogP contribution in [0.2, 0.25) is 0 Å².